The first kappa shape index (κ1) is 23.1. The summed E-state index contributed by atoms with van der Waals surface area (Å²) in [4.78, 5) is 38.4. The monoisotopic (exact) mass is 517 g/mol. The molecule has 1 aromatic heterocycles. The average molecular weight is 518 g/mol. The molecule has 3 aromatic carbocycles. The van der Waals surface area contributed by atoms with Gasteiger partial charge in [-0.05, 0) is 42.8 Å². The number of H-pyrrole nitrogens is 1. The molecule has 0 radical (unpaired) electrons. The van der Waals surface area contributed by atoms with Crippen LogP contribution in [0.2, 0.25) is 0 Å². The van der Waals surface area contributed by atoms with Crippen molar-refractivity contribution in [1.82, 2.24) is 20.9 Å². The molecule has 0 fully saturated rings. The Hall–Kier alpha value is -4.11. The summed E-state index contributed by atoms with van der Waals surface area (Å²) in [5.41, 5.74) is 4.09. The topological polar surface area (TPSA) is 116 Å². The zero-order valence-corrected chi connectivity index (χ0v) is 19.7. The Morgan fingerprint density at radius 3 is 2.35 bits per heavy atom. The lowest BCUT2D eigenvalue weighted by Crippen LogP contribution is -2.40. The van der Waals surface area contributed by atoms with Crippen LogP contribution in [0.5, 0.6) is 0 Å². The van der Waals surface area contributed by atoms with Crippen molar-refractivity contribution in [2.45, 2.75) is 13.0 Å². The summed E-state index contributed by atoms with van der Waals surface area (Å²) in [6.45, 7) is 1.76. The quantitative estimate of drug-likeness (QED) is 0.267. The molecular formula is C25H20BrN5O3. The maximum Gasteiger partial charge on any atom is 0.272 e. The predicted molar refractivity (Wildman–Crippen MR) is 134 cm³/mol. The summed E-state index contributed by atoms with van der Waals surface area (Å²) < 4.78 is 0.878. The van der Waals surface area contributed by atoms with E-state index in [4.69, 9.17) is 0 Å². The normalized spacial score (nSPS) is 12.2. The second-order valence-corrected chi connectivity index (χ2v) is 8.36. The summed E-state index contributed by atoms with van der Waals surface area (Å²) in [6.07, 6.45) is 0. The summed E-state index contributed by atoms with van der Waals surface area (Å²) in [7, 11) is 0. The van der Waals surface area contributed by atoms with Crippen LogP contribution in [0.4, 0.5) is 0 Å². The van der Waals surface area contributed by atoms with Gasteiger partial charge < -0.3 is 5.32 Å². The minimum atomic E-state index is -1.21. The van der Waals surface area contributed by atoms with E-state index in [1.807, 2.05) is 24.3 Å². The number of nitrogens with zero attached hydrogens (tertiary/aromatic N) is 2. The number of fused-ring (bicyclic) bond motifs is 1. The summed E-state index contributed by atoms with van der Waals surface area (Å²) in [5, 5.41) is 14.2. The Labute approximate surface area is 203 Å². The van der Waals surface area contributed by atoms with Gasteiger partial charge >= 0.3 is 0 Å². The molecule has 9 heteroatoms. The average Bonchev–Trinajstić information content (AvgIpc) is 2.87. The molecule has 0 saturated carbocycles. The van der Waals surface area contributed by atoms with Gasteiger partial charge in [-0.2, -0.15) is 10.2 Å². The van der Waals surface area contributed by atoms with Crippen LogP contribution < -0.4 is 16.3 Å². The van der Waals surface area contributed by atoms with Crippen LogP contribution in [0.15, 0.2) is 93.2 Å². The second kappa shape index (κ2) is 10.2. The van der Waals surface area contributed by atoms with Gasteiger partial charge in [0.2, 0.25) is 0 Å². The molecular weight excluding hydrogens is 498 g/mol. The molecule has 1 atom stereocenters. The van der Waals surface area contributed by atoms with Crippen molar-refractivity contribution in [2.24, 2.45) is 5.10 Å². The van der Waals surface area contributed by atoms with Crippen LogP contribution >= 0.6 is 15.9 Å². The number of carbonyl (C=O) groups is 2. The van der Waals surface area contributed by atoms with Crippen LogP contribution in [-0.2, 0) is 4.79 Å². The number of nitrogens with one attached hydrogen (secondary N) is 3. The molecule has 0 bridgehead atoms. The Morgan fingerprint density at radius 1 is 0.941 bits per heavy atom. The van der Waals surface area contributed by atoms with E-state index in [-0.39, 0.29) is 5.69 Å². The molecule has 170 valence electrons. The Balaban J connectivity index is 1.70. The van der Waals surface area contributed by atoms with Crippen molar-refractivity contribution in [2.75, 3.05) is 0 Å². The van der Waals surface area contributed by atoms with Crippen molar-refractivity contribution in [1.29, 1.82) is 0 Å². The fourth-order valence-electron chi connectivity index (χ4n) is 3.40. The van der Waals surface area contributed by atoms with Gasteiger partial charge in [-0.1, -0.05) is 64.5 Å². The summed E-state index contributed by atoms with van der Waals surface area (Å²) in [6, 6.07) is 21.5. The van der Waals surface area contributed by atoms with E-state index < -0.39 is 23.4 Å². The maximum absolute atomic E-state index is 13.3. The smallest absolute Gasteiger partial charge is 0.272 e. The number of aromatic nitrogens is 2. The number of benzene rings is 3. The predicted octanol–water partition coefficient (Wildman–Crippen LogP) is 3.70. The number of rotatable bonds is 6. The SMILES string of the molecule is C/C(=N/NC(=O)[C@@H](NC(=O)c1ccccc1)c1n[nH]c(=O)c2ccccc12)c1cccc(Br)c1. The number of hydrogen-bond acceptors (Lipinski definition) is 5. The van der Waals surface area contributed by atoms with E-state index in [1.54, 1.807) is 61.5 Å². The van der Waals surface area contributed by atoms with Crippen LogP contribution in [0.3, 0.4) is 0 Å². The Morgan fingerprint density at radius 2 is 1.62 bits per heavy atom. The highest BCUT2D eigenvalue weighted by Crippen LogP contribution is 2.20. The molecule has 4 rings (SSSR count). The lowest BCUT2D eigenvalue weighted by Gasteiger charge is -2.18. The third-order valence-electron chi connectivity index (χ3n) is 5.15. The van der Waals surface area contributed by atoms with Gasteiger partial charge in [-0.3, -0.25) is 14.4 Å². The van der Waals surface area contributed by atoms with Gasteiger partial charge in [0.15, 0.2) is 6.04 Å². The molecule has 0 aliphatic rings. The second-order valence-electron chi connectivity index (χ2n) is 7.44. The first-order valence-corrected chi connectivity index (χ1v) is 11.2. The van der Waals surface area contributed by atoms with Crippen LogP contribution in [-0.4, -0.2) is 27.7 Å². The van der Waals surface area contributed by atoms with E-state index in [2.05, 4.69) is 42.0 Å². The molecule has 1 heterocycles. The lowest BCUT2D eigenvalue weighted by molar-refractivity contribution is -0.123. The fourth-order valence-corrected chi connectivity index (χ4v) is 3.80. The number of halogens is 1. The van der Waals surface area contributed by atoms with E-state index in [9.17, 15) is 14.4 Å². The van der Waals surface area contributed by atoms with Gasteiger partial charge in [0.25, 0.3) is 17.4 Å². The van der Waals surface area contributed by atoms with Crippen LogP contribution in [0, 0.1) is 0 Å². The van der Waals surface area contributed by atoms with Crippen molar-refractivity contribution in [3.05, 3.63) is 111 Å². The van der Waals surface area contributed by atoms with Crippen LogP contribution in [0.25, 0.3) is 10.8 Å². The maximum atomic E-state index is 13.3. The first-order valence-electron chi connectivity index (χ1n) is 10.4. The molecule has 4 aromatic rings. The van der Waals surface area contributed by atoms with Crippen molar-refractivity contribution >= 4 is 44.2 Å². The molecule has 0 unspecified atom stereocenters. The Kier molecular flexibility index (Phi) is 6.93. The van der Waals surface area contributed by atoms with Crippen molar-refractivity contribution in [3.63, 3.8) is 0 Å². The lowest BCUT2D eigenvalue weighted by atomic mass is 10.0. The minimum absolute atomic E-state index is 0.201. The van der Waals surface area contributed by atoms with Gasteiger partial charge in [-0.15, -0.1) is 0 Å². The minimum Gasteiger partial charge on any atom is -0.335 e. The molecule has 0 aliphatic carbocycles. The molecule has 3 N–H and O–H groups in total. The highest BCUT2D eigenvalue weighted by atomic mass is 79.9. The zero-order valence-electron chi connectivity index (χ0n) is 18.1. The number of carbonyl (C=O) groups excluding carboxylic acids is 2. The highest BCUT2D eigenvalue weighted by Gasteiger charge is 2.27. The fraction of sp³-hybridized carbons (Fsp3) is 0.0800. The molecule has 0 spiro atoms. The van der Waals surface area contributed by atoms with Crippen molar-refractivity contribution < 1.29 is 9.59 Å². The van der Waals surface area contributed by atoms with E-state index >= 15 is 0 Å². The summed E-state index contributed by atoms with van der Waals surface area (Å²) in [5.74, 6) is -1.08. The third-order valence-corrected chi connectivity index (χ3v) is 5.64. The first-order chi connectivity index (χ1) is 16.4. The molecule has 0 saturated heterocycles. The van der Waals surface area contributed by atoms with E-state index in [1.165, 1.54) is 0 Å². The number of amides is 2. The van der Waals surface area contributed by atoms with E-state index in [0.29, 0.717) is 22.0 Å². The van der Waals surface area contributed by atoms with Crippen LogP contribution in [0.1, 0.15) is 34.6 Å². The highest BCUT2D eigenvalue weighted by molar-refractivity contribution is 9.10. The molecule has 0 aliphatic heterocycles. The molecule has 34 heavy (non-hydrogen) atoms. The van der Waals surface area contributed by atoms with Gasteiger partial charge in [0, 0.05) is 15.4 Å². The zero-order chi connectivity index (χ0) is 24.1. The Bertz CT molecular complexity index is 1450. The standard InChI is InChI=1S/C25H20BrN5O3/c1-15(17-10-7-11-18(26)14-17)28-31-25(34)22(27-23(32)16-8-3-2-4-9-16)21-19-12-5-6-13-20(19)24(33)30-29-21/h2-14,22H,1H3,(H,27,32)(H,30,33)(H,31,34)/b28-15-/t22-/m0/s1. The summed E-state index contributed by atoms with van der Waals surface area (Å²) >= 11 is 3.42. The largest absolute Gasteiger partial charge is 0.335 e. The number of aromatic amines is 1. The van der Waals surface area contributed by atoms with Gasteiger partial charge in [0.05, 0.1) is 11.1 Å². The van der Waals surface area contributed by atoms with Crippen molar-refractivity contribution in [3.8, 4) is 0 Å². The van der Waals surface area contributed by atoms with Gasteiger partial charge in [0.1, 0.15) is 5.69 Å². The number of hydrazone groups is 1. The third kappa shape index (κ3) is 5.10. The van der Waals surface area contributed by atoms with E-state index in [0.717, 1.165) is 10.0 Å². The van der Waals surface area contributed by atoms with Gasteiger partial charge in [-0.25, -0.2) is 10.5 Å². The molecule has 8 nitrogen and oxygen atoms in total. The number of hydrogen-bond donors (Lipinski definition) is 3. The molecule has 2 amide bonds.